The third kappa shape index (κ3) is 3.55. The van der Waals surface area contributed by atoms with E-state index >= 15 is 0 Å². The molecule has 18 heavy (non-hydrogen) atoms. The summed E-state index contributed by atoms with van der Waals surface area (Å²) in [7, 11) is 0. The topological polar surface area (TPSA) is 29.9 Å². The number of aromatic nitrogens is 2. The first kappa shape index (κ1) is 13.1. The molecular formula is C13H15ClFN3. The summed E-state index contributed by atoms with van der Waals surface area (Å²) >= 11 is 5.93. The zero-order chi connectivity index (χ0) is 12.8. The summed E-state index contributed by atoms with van der Waals surface area (Å²) in [6.45, 7) is 2.16. The van der Waals surface area contributed by atoms with Gasteiger partial charge >= 0.3 is 0 Å². The number of halogens is 2. The van der Waals surface area contributed by atoms with E-state index in [2.05, 4.69) is 10.3 Å². The molecule has 2 aromatic rings. The summed E-state index contributed by atoms with van der Waals surface area (Å²) in [5, 5.41) is 3.66. The number of hydrogen-bond acceptors (Lipinski definition) is 2. The molecule has 0 amide bonds. The zero-order valence-corrected chi connectivity index (χ0v) is 10.7. The molecule has 1 aromatic carbocycles. The van der Waals surface area contributed by atoms with Gasteiger partial charge in [-0.15, -0.1) is 0 Å². The fourth-order valence-electron chi connectivity index (χ4n) is 1.72. The molecule has 3 nitrogen and oxygen atoms in total. The van der Waals surface area contributed by atoms with E-state index < -0.39 is 0 Å². The molecule has 0 aliphatic heterocycles. The van der Waals surface area contributed by atoms with Gasteiger partial charge in [0.2, 0.25) is 0 Å². The monoisotopic (exact) mass is 267 g/mol. The Kier molecular flexibility index (Phi) is 4.73. The molecular weight excluding hydrogens is 253 g/mol. The van der Waals surface area contributed by atoms with Crippen molar-refractivity contribution in [1.82, 2.24) is 14.9 Å². The molecule has 0 atom stereocenters. The highest BCUT2D eigenvalue weighted by Crippen LogP contribution is 2.18. The van der Waals surface area contributed by atoms with Gasteiger partial charge in [-0.3, -0.25) is 0 Å². The average molecular weight is 268 g/mol. The van der Waals surface area contributed by atoms with Crippen molar-refractivity contribution in [2.45, 2.75) is 19.5 Å². The van der Waals surface area contributed by atoms with Crippen molar-refractivity contribution in [3.63, 3.8) is 0 Å². The third-order valence-electron chi connectivity index (χ3n) is 2.69. The molecule has 1 heterocycles. The van der Waals surface area contributed by atoms with Gasteiger partial charge in [0.05, 0.1) is 6.33 Å². The quantitative estimate of drug-likeness (QED) is 0.816. The number of nitrogens with one attached hydrogen (secondary N) is 1. The molecule has 2 rings (SSSR count). The zero-order valence-electron chi connectivity index (χ0n) is 9.94. The van der Waals surface area contributed by atoms with Crippen LogP contribution in [0.25, 0.3) is 0 Å². The van der Waals surface area contributed by atoms with Crippen LogP contribution >= 0.6 is 11.6 Å². The number of hydrogen-bond donors (Lipinski definition) is 1. The van der Waals surface area contributed by atoms with Crippen molar-refractivity contribution in [3.8, 4) is 0 Å². The van der Waals surface area contributed by atoms with Gasteiger partial charge in [0, 0.05) is 36.1 Å². The third-order valence-corrected chi connectivity index (χ3v) is 3.05. The molecule has 1 aromatic heterocycles. The van der Waals surface area contributed by atoms with E-state index in [4.69, 9.17) is 11.6 Å². The summed E-state index contributed by atoms with van der Waals surface area (Å²) in [6, 6.07) is 4.74. The van der Waals surface area contributed by atoms with E-state index in [9.17, 15) is 4.39 Å². The molecule has 0 saturated heterocycles. The number of benzene rings is 1. The van der Waals surface area contributed by atoms with Crippen LogP contribution in [0, 0.1) is 5.82 Å². The minimum absolute atomic E-state index is 0.260. The van der Waals surface area contributed by atoms with Crippen LogP contribution in [0.2, 0.25) is 5.02 Å². The Balaban J connectivity index is 1.72. The van der Waals surface area contributed by atoms with Gasteiger partial charge in [-0.1, -0.05) is 17.7 Å². The second kappa shape index (κ2) is 6.52. The fourth-order valence-corrected chi connectivity index (χ4v) is 1.95. The molecule has 96 valence electrons. The first-order chi connectivity index (χ1) is 8.77. The van der Waals surface area contributed by atoms with Crippen LogP contribution < -0.4 is 5.32 Å². The highest BCUT2D eigenvalue weighted by molar-refractivity contribution is 6.31. The lowest BCUT2D eigenvalue weighted by molar-refractivity contribution is 0.558. The van der Waals surface area contributed by atoms with Crippen LogP contribution in [-0.4, -0.2) is 16.1 Å². The Morgan fingerprint density at radius 2 is 2.28 bits per heavy atom. The highest BCUT2D eigenvalue weighted by Gasteiger charge is 2.05. The Labute approximate surface area is 111 Å². The van der Waals surface area contributed by atoms with Crippen molar-refractivity contribution in [1.29, 1.82) is 0 Å². The maximum absolute atomic E-state index is 13.4. The summed E-state index contributed by atoms with van der Waals surface area (Å²) in [6.07, 6.45) is 6.43. The van der Waals surface area contributed by atoms with Crippen LogP contribution in [0.4, 0.5) is 4.39 Å². The molecule has 0 spiro atoms. The maximum Gasteiger partial charge on any atom is 0.129 e. The highest BCUT2D eigenvalue weighted by atomic mass is 35.5. The SMILES string of the molecule is Fc1cccc(Cl)c1CNCCCn1ccnc1. The van der Waals surface area contributed by atoms with Crippen LogP contribution in [0.1, 0.15) is 12.0 Å². The average Bonchev–Trinajstić information content (AvgIpc) is 2.85. The van der Waals surface area contributed by atoms with Gasteiger partial charge in [0.15, 0.2) is 0 Å². The predicted molar refractivity (Wildman–Crippen MR) is 70.0 cm³/mol. The van der Waals surface area contributed by atoms with Crippen LogP contribution in [-0.2, 0) is 13.1 Å². The smallest absolute Gasteiger partial charge is 0.129 e. The van der Waals surface area contributed by atoms with E-state index in [1.165, 1.54) is 6.07 Å². The standard InChI is InChI=1S/C13H15ClFN3/c14-12-3-1-4-13(15)11(12)9-16-5-2-7-18-8-6-17-10-18/h1,3-4,6,8,10,16H,2,5,7,9H2. The lowest BCUT2D eigenvalue weighted by atomic mass is 10.2. The lowest BCUT2D eigenvalue weighted by Crippen LogP contribution is -2.17. The van der Waals surface area contributed by atoms with Crippen molar-refractivity contribution in [2.24, 2.45) is 0 Å². The van der Waals surface area contributed by atoms with E-state index in [0.717, 1.165) is 19.5 Å². The van der Waals surface area contributed by atoms with E-state index in [1.54, 1.807) is 24.7 Å². The molecule has 0 fully saturated rings. The number of rotatable bonds is 6. The normalized spacial score (nSPS) is 10.8. The van der Waals surface area contributed by atoms with Gasteiger partial charge in [0.25, 0.3) is 0 Å². The van der Waals surface area contributed by atoms with Gasteiger partial charge in [-0.05, 0) is 25.1 Å². The van der Waals surface area contributed by atoms with Gasteiger partial charge in [-0.25, -0.2) is 9.37 Å². The second-order valence-electron chi connectivity index (χ2n) is 4.03. The summed E-state index contributed by atoms with van der Waals surface area (Å²) < 4.78 is 15.5. The molecule has 0 unspecified atom stereocenters. The van der Waals surface area contributed by atoms with Crippen molar-refractivity contribution >= 4 is 11.6 Å². The molecule has 5 heteroatoms. The predicted octanol–water partition coefficient (Wildman–Crippen LogP) is 2.86. The molecule has 1 N–H and O–H groups in total. The Hall–Kier alpha value is -1.39. The first-order valence-corrected chi connectivity index (χ1v) is 6.24. The van der Waals surface area contributed by atoms with Crippen molar-refractivity contribution < 1.29 is 4.39 Å². The Morgan fingerprint density at radius 3 is 3.00 bits per heavy atom. The lowest BCUT2D eigenvalue weighted by Gasteiger charge is -2.08. The fraction of sp³-hybridized carbons (Fsp3) is 0.308. The van der Waals surface area contributed by atoms with Gasteiger partial charge in [-0.2, -0.15) is 0 Å². The summed E-state index contributed by atoms with van der Waals surface area (Å²) in [5.74, 6) is -0.260. The Morgan fingerprint density at radius 1 is 1.39 bits per heavy atom. The molecule has 0 aliphatic rings. The van der Waals surface area contributed by atoms with Crippen LogP contribution in [0.5, 0.6) is 0 Å². The van der Waals surface area contributed by atoms with Gasteiger partial charge < -0.3 is 9.88 Å². The Bertz CT molecular complexity index is 465. The maximum atomic E-state index is 13.4. The van der Waals surface area contributed by atoms with E-state index in [-0.39, 0.29) is 5.82 Å². The molecule has 0 bridgehead atoms. The van der Waals surface area contributed by atoms with Crippen LogP contribution in [0.3, 0.4) is 0 Å². The minimum Gasteiger partial charge on any atom is -0.337 e. The molecule has 0 saturated carbocycles. The van der Waals surface area contributed by atoms with Gasteiger partial charge in [0.1, 0.15) is 5.82 Å². The summed E-state index contributed by atoms with van der Waals surface area (Å²) in [5.41, 5.74) is 0.529. The van der Waals surface area contributed by atoms with E-state index in [0.29, 0.717) is 17.1 Å². The number of imidazole rings is 1. The number of nitrogens with zero attached hydrogens (tertiary/aromatic N) is 2. The molecule has 0 aliphatic carbocycles. The van der Waals surface area contributed by atoms with Crippen molar-refractivity contribution in [3.05, 3.63) is 53.3 Å². The van der Waals surface area contributed by atoms with Crippen LogP contribution in [0.15, 0.2) is 36.9 Å². The second-order valence-corrected chi connectivity index (χ2v) is 4.44. The minimum atomic E-state index is -0.260. The first-order valence-electron chi connectivity index (χ1n) is 5.86. The summed E-state index contributed by atoms with van der Waals surface area (Å²) in [4.78, 5) is 3.97. The largest absolute Gasteiger partial charge is 0.337 e. The number of aryl methyl sites for hydroxylation is 1. The molecule has 0 radical (unpaired) electrons. The van der Waals surface area contributed by atoms with Crippen molar-refractivity contribution in [2.75, 3.05) is 6.54 Å². The van der Waals surface area contributed by atoms with E-state index in [1.807, 2.05) is 10.8 Å².